The van der Waals surface area contributed by atoms with Gasteiger partial charge in [-0.1, -0.05) is 0 Å². The van der Waals surface area contributed by atoms with Gasteiger partial charge in [0, 0.05) is 19.0 Å². The molecule has 0 radical (unpaired) electrons. The van der Waals surface area contributed by atoms with Crippen molar-refractivity contribution < 1.29 is 9.84 Å². The van der Waals surface area contributed by atoms with Crippen LogP contribution >= 0.6 is 0 Å². The summed E-state index contributed by atoms with van der Waals surface area (Å²) in [6, 6.07) is 0. The van der Waals surface area contributed by atoms with Crippen LogP contribution in [0, 0.1) is 0 Å². The molecule has 14 heavy (non-hydrogen) atoms. The van der Waals surface area contributed by atoms with E-state index in [4.69, 9.17) is 4.74 Å². The number of hydrogen-bond donors (Lipinski definition) is 1. The van der Waals surface area contributed by atoms with Crippen molar-refractivity contribution in [3.8, 4) is 0 Å². The highest BCUT2D eigenvalue weighted by Gasteiger charge is 2.30. The molecule has 1 atom stereocenters. The van der Waals surface area contributed by atoms with E-state index in [1.807, 2.05) is 20.8 Å². The second-order valence-electron chi connectivity index (χ2n) is 3.57. The predicted molar refractivity (Wildman–Crippen MR) is 52.7 cm³/mol. The fraction of sp³-hybridized carbons (Fsp3) is 0.600. The number of hydrogen-bond acceptors (Lipinski definition) is 4. The monoisotopic (exact) mass is 196 g/mol. The number of ether oxygens (including phenoxy) is 1. The maximum absolute atomic E-state index is 9.95. The normalized spacial score (nSPS) is 14.0. The highest BCUT2D eigenvalue weighted by atomic mass is 16.5. The van der Waals surface area contributed by atoms with Crippen LogP contribution in [0.25, 0.3) is 0 Å². The molecule has 0 aromatic carbocycles. The van der Waals surface area contributed by atoms with E-state index in [-0.39, 0.29) is 0 Å². The van der Waals surface area contributed by atoms with Crippen LogP contribution in [0.2, 0.25) is 0 Å². The molecule has 1 heterocycles. The minimum atomic E-state index is -0.754. The first-order valence-electron chi connectivity index (χ1n) is 4.66. The maximum Gasteiger partial charge on any atom is 0.126 e. The van der Waals surface area contributed by atoms with Gasteiger partial charge >= 0.3 is 0 Å². The topological polar surface area (TPSA) is 55.2 Å². The van der Waals surface area contributed by atoms with Crippen LogP contribution in [-0.4, -0.2) is 27.3 Å². The lowest BCUT2D eigenvalue weighted by Crippen LogP contribution is -2.33. The fourth-order valence-corrected chi connectivity index (χ4v) is 1.26. The summed E-state index contributed by atoms with van der Waals surface area (Å²) >= 11 is 0. The molecular formula is C10H16N2O2. The summed E-state index contributed by atoms with van der Waals surface area (Å²) < 4.78 is 5.43. The lowest BCUT2D eigenvalue weighted by atomic mass is 9.99. The highest BCUT2D eigenvalue weighted by molar-refractivity contribution is 5.04. The van der Waals surface area contributed by atoms with E-state index in [0.29, 0.717) is 12.3 Å². The Labute approximate surface area is 84.0 Å². The number of aliphatic hydroxyl groups is 1. The molecule has 1 rings (SSSR count). The molecule has 1 aromatic heterocycles. The molecule has 0 aliphatic rings. The summed E-state index contributed by atoms with van der Waals surface area (Å²) in [6.07, 6.45) is 3.92. The minimum Gasteiger partial charge on any atom is -0.384 e. The zero-order chi connectivity index (χ0) is 10.6. The van der Waals surface area contributed by atoms with E-state index in [1.54, 1.807) is 18.6 Å². The largest absolute Gasteiger partial charge is 0.384 e. The third-order valence-corrected chi connectivity index (χ3v) is 2.04. The van der Waals surface area contributed by atoms with Gasteiger partial charge in [0.25, 0.3) is 0 Å². The van der Waals surface area contributed by atoms with Crippen molar-refractivity contribution in [3.63, 3.8) is 0 Å². The second kappa shape index (κ2) is 4.48. The van der Waals surface area contributed by atoms with E-state index >= 15 is 0 Å². The molecule has 4 nitrogen and oxygen atoms in total. The van der Waals surface area contributed by atoms with Crippen LogP contribution in [0.4, 0.5) is 0 Å². The van der Waals surface area contributed by atoms with Crippen molar-refractivity contribution in [2.45, 2.75) is 32.5 Å². The van der Waals surface area contributed by atoms with Gasteiger partial charge in [-0.25, -0.2) is 0 Å². The average Bonchev–Trinajstić information content (AvgIpc) is 2.18. The smallest absolute Gasteiger partial charge is 0.126 e. The fourth-order valence-electron chi connectivity index (χ4n) is 1.26. The molecule has 0 aliphatic heterocycles. The van der Waals surface area contributed by atoms with Gasteiger partial charge in [-0.3, -0.25) is 9.97 Å². The average molecular weight is 196 g/mol. The van der Waals surface area contributed by atoms with E-state index in [9.17, 15) is 5.11 Å². The standard InChI is InChI=1S/C10H16N2O2/c1-4-14-10(2,3)9(13)8-7-11-5-6-12-8/h5-7,9,13H,4H2,1-3H3. The van der Waals surface area contributed by atoms with Crippen molar-refractivity contribution in [2.24, 2.45) is 0 Å². The molecule has 0 fully saturated rings. The van der Waals surface area contributed by atoms with E-state index in [2.05, 4.69) is 9.97 Å². The number of aliphatic hydroxyl groups excluding tert-OH is 1. The molecule has 0 saturated heterocycles. The summed E-state index contributed by atoms with van der Waals surface area (Å²) in [4.78, 5) is 7.94. The van der Waals surface area contributed by atoms with Crippen molar-refractivity contribution in [1.82, 2.24) is 9.97 Å². The Hall–Kier alpha value is -1.00. The second-order valence-corrected chi connectivity index (χ2v) is 3.57. The number of rotatable bonds is 4. The SMILES string of the molecule is CCOC(C)(C)C(O)c1cnccn1. The van der Waals surface area contributed by atoms with Gasteiger partial charge in [0.1, 0.15) is 6.10 Å². The van der Waals surface area contributed by atoms with Crippen LogP contribution in [0.5, 0.6) is 0 Å². The molecule has 0 aliphatic carbocycles. The molecule has 0 spiro atoms. The van der Waals surface area contributed by atoms with E-state index in [1.165, 1.54) is 0 Å². The van der Waals surface area contributed by atoms with Gasteiger partial charge in [0.2, 0.25) is 0 Å². The quantitative estimate of drug-likeness (QED) is 0.789. The lowest BCUT2D eigenvalue weighted by molar-refractivity contribution is -0.0999. The van der Waals surface area contributed by atoms with Gasteiger partial charge in [-0.15, -0.1) is 0 Å². The molecular weight excluding hydrogens is 180 g/mol. The van der Waals surface area contributed by atoms with Crippen LogP contribution in [-0.2, 0) is 4.74 Å². The van der Waals surface area contributed by atoms with Crippen LogP contribution in [0.1, 0.15) is 32.6 Å². The molecule has 4 heteroatoms. The zero-order valence-corrected chi connectivity index (χ0v) is 8.77. The Balaban J connectivity index is 2.79. The minimum absolute atomic E-state index is 0.533. The van der Waals surface area contributed by atoms with Crippen molar-refractivity contribution in [1.29, 1.82) is 0 Å². The van der Waals surface area contributed by atoms with Gasteiger partial charge in [0.15, 0.2) is 0 Å². The summed E-state index contributed by atoms with van der Waals surface area (Å²) in [6.45, 7) is 6.11. The zero-order valence-electron chi connectivity index (χ0n) is 8.77. The Morgan fingerprint density at radius 2 is 2.21 bits per heavy atom. The first-order valence-corrected chi connectivity index (χ1v) is 4.66. The van der Waals surface area contributed by atoms with Crippen LogP contribution in [0.3, 0.4) is 0 Å². The molecule has 1 N–H and O–H groups in total. The molecule has 0 bridgehead atoms. The molecule has 78 valence electrons. The van der Waals surface area contributed by atoms with Crippen molar-refractivity contribution in [2.75, 3.05) is 6.61 Å². The molecule has 0 amide bonds. The summed E-state index contributed by atoms with van der Waals surface area (Å²) in [5.74, 6) is 0. The van der Waals surface area contributed by atoms with Crippen LogP contribution < -0.4 is 0 Å². The van der Waals surface area contributed by atoms with Gasteiger partial charge in [-0.2, -0.15) is 0 Å². The predicted octanol–water partition coefficient (Wildman–Crippen LogP) is 1.33. The summed E-state index contributed by atoms with van der Waals surface area (Å²) in [5.41, 5.74) is -0.101. The Kier molecular flexibility index (Phi) is 3.55. The highest BCUT2D eigenvalue weighted by Crippen LogP contribution is 2.26. The molecule has 1 aromatic rings. The van der Waals surface area contributed by atoms with E-state index < -0.39 is 11.7 Å². The Morgan fingerprint density at radius 3 is 2.71 bits per heavy atom. The van der Waals surface area contributed by atoms with Gasteiger partial charge in [-0.05, 0) is 20.8 Å². The Morgan fingerprint density at radius 1 is 1.50 bits per heavy atom. The van der Waals surface area contributed by atoms with Crippen molar-refractivity contribution >= 4 is 0 Å². The maximum atomic E-state index is 9.95. The first-order chi connectivity index (χ1) is 6.58. The molecule has 0 saturated carbocycles. The lowest BCUT2D eigenvalue weighted by Gasteiger charge is -2.29. The Bertz CT molecular complexity index is 275. The van der Waals surface area contributed by atoms with E-state index in [0.717, 1.165) is 0 Å². The number of aromatic nitrogens is 2. The number of nitrogens with zero attached hydrogens (tertiary/aromatic N) is 2. The molecule has 1 unspecified atom stereocenters. The van der Waals surface area contributed by atoms with Gasteiger partial charge < -0.3 is 9.84 Å². The van der Waals surface area contributed by atoms with Gasteiger partial charge in [0.05, 0.1) is 17.5 Å². The third kappa shape index (κ3) is 2.49. The third-order valence-electron chi connectivity index (χ3n) is 2.04. The first kappa shape index (κ1) is 11.1. The summed E-state index contributed by atoms with van der Waals surface area (Å²) in [7, 11) is 0. The van der Waals surface area contributed by atoms with Crippen LogP contribution in [0.15, 0.2) is 18.6 Å². The summed E-state index contributed by atoms with van der Waals surface area (Å²) in [5, 5.41) is 9.95. The van der Waals surface area contributed by atoms with Crippen molar-refractivity contribution in [3.05, 3.63) is 24.3 Å².